The fourth-order valence-electron chi connectivity index (χ4n) is 1.18. The van der Waals surface area contributed by atoms with Crippen molar-refractivity contribution >= 4 is 18.1 Å². The zero-order chi connectivity index (χ0) is 13.8. The molecule has 0 radical (unpaired) electrons. The number of carbonyl (C=O) groups excluding carboxylic acids is 1. The molecule has 7 heteroatoms. The Hall–Kier alpha value is -2.31. The second-order valence-electron chi connectivity index (χ2n) is 3.82. The van der Waals surface area contributed by atoms with Gasteiger partial charge in [0, 0.05) is 12.4 Å². The molecule has 1 saturated carbocycles. The lowest BCUT2D eigenvalue weighted by atomic mass is 10.2. The third-order valence-corrected chi connectivity index (χ3v) is 2.54. The first-order chi connectivity index (χ1) is 8.45. The van der Waals surface area contributed by atoms with Crippen LogP contribution in [0.25, 0.3) is 0 Å². The van der Waals surface area contributed by atoms with Gasteiger partial charge in [-0.2, -0.15) is 0 Å². The Morgan fingerprint density at radius 3 is 2.56 bits per heavy atom. The number of carboxylic acid groups (broad SMARTS) is 1. The van der Waals surface area contributed by atoms with E-state index in [2.05, 4.69) is 16.9 Å². The highest BCUT2D eigenvalue weighted by Crippen LogP contribution is 2.35. The van der Waals surface area contributed by atoms with Crippen molar-refractivity contribution in [2.24, 2.45) is 10.7 Å². The number of carbonyl (C=O) groups is 2. The molecule has 98 valence electrons. The number of ether oxygens (including phenoxy) is 1. The van der Waals surface area contributed by atoms with Crippen molar-refractivity contribution in [2.45, 2.75) is 18.4 Å². The van der Waals surface area contributed by atoms with Crippen LogP contribution in [0, 0.1) is 0 Å². The van der Waals surface area contributed by atoms with Crippen LogP contribution in [0.3, 0.4) is 0 Å². The summed E-state index contributed by atoms with van der Waals surface area (Å²) in [7, 11) is 1.38. The van der Waals surface area contributed by atoms with E-state index < -0.39 is 17.4 Å². The SMILES string of the molecule is C=C(N=C/C(=C\N)C(=O)NC1(C(=O)O)CC1)OC. The van der Waals surface area contributed by atoms with Crippen molar-refractivity contribution in [3.63, 3.8) is 0 Å². The van der Waals surface area contributed by atoms with Gasteiger partial charge in [0.2, 0.25) is 5.88 Å². The number of aliphatic carboxylic acids is 1. The van der Waals surface area contributed by atoms with Crippen LogP contribution in [0.4, 0.5) is 0 Å². The molecule has 18 heavy (non-hydrogen) atoms. The molecule has 0 aromatic carbocycles. The molecule has 0 heterocycles. The number of rotatable bonds is 6. The Balaban J connectivity index is 2.68. The van der Waals surface area contributed by atoms with Crippen LogP contribution in [-0.4, -0.2) is 35.8 Å². The van der Waals surface area contributed by atoms with Gasteiger partial charge in [-0.3, -0.25) is 4.79 Å². The number of amides is 1. The molecule has 0 spiro atoms. The Bertz CT molecular complexity index is 436. The number of nitrogens with two attached hydrogens (primary N) is 1. The molecule has 1 aliphatic rings. The van der Waals surface area contributed by atoms with E-state index in [-0.39, 0.29) is 11.5 Å². The van der Waals surface area contributed by atoms with Crippen molar-refractivity contribution in [1.29, 1.82) is 0 Å². The minimum Gasteiger partial charge on any atom is -0.481 e. The number of hydrogen-bond donors (Lipinski definition) is 3. The largest absolute Gasteiger partial charge is 0.481 e. The average molecular weight is 253 g/mol. The molecule has 0 aromatic rings. The predicted molar refractivity (Wildman–Crippen MR) is 64.7 cm³/mol. The molecule has 0 bridgehead atoms. The van der Waals surface area contributed by atoms with Gasteiger partial charge in [0.15, 0.2) is 0 Å². The van der Waals surface area contributed by atoms with Gasteiger partial charge in [0.1, 0.15) is 5.54 Å². The highest BCUT2D eigenvalue weighted by Gasteiger charge is 2.51. The number of nitrogens with zero attached hydrogens (tertiary/aromatic N) is 1. The van der Waals surface area contributed by atoms with Crippen molar-refractivity contribution in [2.75, 3.05) is 7.11 Å². The summed E-state index contributed by atoms with van der Waals surface area (Å²) in [4.78, 5) is 26.4. The van der Waals surface area contributed by atoms with Crippen LogP contribution in [0.5, 0.6) is 0 Å². The van der Waals surface area contributed by atoms with E-state index in [0.29, 0.717) is 12.8 Å². The first kappa shape index (κ1) is 13.8. The lowest BCUT2D eigenvalue weighted by Gasteiger charge is -2.12. The van der Waals surface area contributed by atoms with Crippen LogP contribution in [0.1, 0.15) is 12.8 Å². The van der Waals surface area contributed by atoms with Gasteiger partial charge in [-0.15, -0.1) is 0 Å². The molecule has 1 aliphatic carbocycles. The van der Waals surface area contributed by atoms with Gasteiger partial charge in [0.05, 0.1) is 12.7 Å². The molecule has 7 nitrogen and oxygen atoms in total. The number of aliphatic imine (C=N–C) groups is 1. The van der Waals surface area contributed by atoms with Gasteiger partial charge in [-0.25, -0.2) is 9.79 Å². The number of hydrogen-bond acceptors (Lipinski definition) is 5. The van der Waals surface area contributed by atoms with E-state index in [1.54, 1.807) is 0 Å². The summed E-state index contributed by atoms with van der Waals surface area (Å²) in [5, 5.41) is 11.3. The minimum absolute atomic E-state index is 0.0423. The molecule has 0 aromatic heterocycles. The predicted octanol–water partition coefficient (Wildman–Crippen LogP) is -0.249. The van der Waals surface area contributed by atoms with Crippen LogP contribution in [0.15, 0.2) is 29.2 Å². The molecule has 1 rings (SSSR count). The minimum atomic E-state index is -1.16. The maximum Gasteiger partial charge on any atom is 0.329 e. The van der Waals surface area contributed by atoms with Crippen LogP contribution >= 0.6 is 0 Å². The summed E-state index contributed by atoms with van der Waals surface area (Å²) >= 11 is 0. The van der Waals surface area contributed by atoms with E-state index in [4.69, 9.17) is 15.6 Å². The molecular weight excluding hydrogens is 238 g/mol. The third-order valence-electron chi connectivity index (χ3n) is 2.54. The molecule has 0 saturated heterocycles. The van der Waals surface area contributed by atoms with Gasteiger partial charge in [-0.1, -0.05) is 0 Å². The molecule has 0 unspecified atom stereocenters. The van der Waals surface area contributed by atoms with E-state index >= 15 is 0 Å². The highest BCUT2D eigenvalue weighted by atomic mass is 16.5. The standard InChI is InChI=1S/C11H15N3O4/c1-7(18-2)13-6-8(5-12)9(15)14-11(3-4-11)10(16)17/h5-6H,1,3-4,12H2,2H3,(H,14,15)(H,16,17)/b8-5+,13-6?. The van der Waals surface area contributed by atoms with E-state index in [0.717, 1.165) is 6.20 Å². The summed E-state index contributed by atoms with van der Waals surface area (Å²) in [5.74, 6) is -1.53. The number of carboxylic acids is 1. The molecule has 1 amide bonds. The van der Waals surface area contributed by atoms with Gasteiger partial charge in [-0.05, 0) is 19.4 Å². The molecule has 4 N–H and O–H groups in total. The van der Waals surface area contributed by atoms with Crippen LogP contribution < -0.4 is 11.1 Å². The van der Waals surface area contributed by atoms with Crippen molar-refractivity contribution < 1.29 is 19.4 Å². The Kier molecular flexibility index (Phi) is 4.09. The summed E-state index contributed by atoms with van der Waals surface area (Å²) in [6, 6.07) is 0. The van der Waals surface area contributed by atoms with Crippen LogP contribution in [-0.2, 0) is 14.3 Å². The number of methoxy groups -OCH3 is 1. The first-order valence-electron chi connectivity index (χ1n) is 5.20. The van der Waals surface area contributed by atoms with Crippen LogP contribution in [0.2, 0.25) is 0 Å². The fourth-order valence-corrected chi connectivity index (χ4v) is 1.18. The average Bonchev–Trinajstić information content (AvgIpc) is 3.10. The van der Waals surface area contributed by atoms with Gasteiger partial charge >= 0.3 is 5.97 Å². The molecular formula is C11H15N3O4. The Labute approximate surface area is 104 Å². The monoisotopic (exact) mass is 253 g/mol. The lowest BCUT2D eigenvalue weighted by Crippen LogP contribution is -2.44. The van der Waals surface area contributed by atoms with E-state index in [1.807, 2.05) is 0 Å². The third kappa shape index (κ3) is 3.09. The van der Waals surface area contributed by atoms with E-state index in [9.17, 15) is 9.59 Å². The molecule has 0 atom stereocenters. The maximum atomic E-state index is 11.8. The summed E-state index contributed by atoms with van der Waals surface area (Å²) < 4.78 is 4.69. The second-order valence-corrected chi connectivity index (χ2v) is 3.82. The number of nitrogens with one attached hydrogen (secondary N) is 1. The van der Waals surface area contributed by atoms with Gasteiger partial charge in [0.25, 0.3) is 5.91 Å². The summed E-state index contributed by atoms with van der Waals surface area (Å²) in [6.07, 6.45) is 3.03. The first-order valence-corrected chi connectivity index (χ1v) is 5.20. The molecule has 0 aliphatic heterocycles. The lowest BCUT2D eigenvalue weighted by molar-refractivity contribution is -0.142. The van der Waals surface area contributed by atoms with Crippen molar-refractivity contribution in [3.05, 3.63) is 24.2 Å². The second kappa shape index (κ2) is 5.35. The quantitative estimate of drug-likeness (QED) is 0.343. The zero-order valence-corrected chi connectivity index (χ0v) is 9.97. The Morgan fingerprint density at radius 2 is 2.17 bits per heavy atom. The maximum absolute atomic E-state index is 11.8. The Morgan fingerprint density at radius 1 is 1.56 bits per heavy atom. The highest BCUT2D eigenvalue weighted by molar-refractivity contribution is 6.13. The van der Waals surface area contributed by atoms with Crippen molar-refractivity contribution in [3.8, 4) is 0 Å². The van der Waals surface area contributed by atoms with Gasteiger partial charge < -0.3 is 20.9 Å². The van der Waals surface area contributed by atoms with Crippen molar-refractivity contribution in [1.82, 2.24) is 5.32 Å². The topological polar surface area (TPSA) is 114 Å². The smallest absolute Gasteiger partial charge is 0.329 e. The molecule has 1 fully saturated rings. The summed E-state index contributed by atoms with van der Waals surface area (Å²) in [6.45, 7) is 3.44. The fraction of sp³-hybridized carbons (Fsp3) is 0.364. The zero-order valence-electron chi connectivity index (χ0n) is 9.97. The van der Waals surface area contributed by atoms with E-state index in [1.165, 1.54) is 13.3 Å². The normalized spacial score (nSPS) is 17.3. The summed E-state index contributed by atoms with van der Waals surface area (Å²) in [5.41, 5.74) is 4.17.